The van der Waals surface area contributed by atoms with Crippen molar-refractivity contribution in [3.05, 3.63) is 53.6 Å². The molecule has 0 saturated carbocycles. The molecule has 0 aliphatic carbocycles. The van der Waals surface area contributed by atoms with Gasteiger partial charge in [0.25, 0.3) is 0 Å². The molecule has 0 fully saturated rings. The lowest BCUT2D eigenvalue weighted by molar-refractivity contribution is 0.0978. The molecular weight excluding hydrogens is 450 g/mol. The summed E-state index contributed by atoms with van der Waals surface area (Å²) in [7, 11) is 4.05. The molecule has 178 valence electrons. The fourth-order valence-corrected chi connectivity index (χ4v) is 5.00. The van der Waals surface area contributed by atoms with Gasteiger partial charge in [-0.25, -0.2) is 0 Å². The molecule has 2 aromatic rings. The highest BCUT2D eigenvalue weighted by molar-refractivity contribution is 8.26. The Balaban J connectivity index is 0.00000363. The third-order valence-corrected chi connectivity index (χ3v) is 7.72. The molecule has 9 heteroatoms. The lowest BCUT2D eigenvalue weighted by Crippen LogP contribution is -2.28. The first-order valence-electron chi connectivity index (χ1n) is 10.5. The van der Waals surface area contributed by atoms with Crippen LogP contribution < -0.4 is 13.3 Å². The monoisotopic (exact) mass is 483 g/mol. The Labute approximate surface area is 199 Å². The van der Waals surface area contributed by atoms with E-state index in [9.17, 15) is 13.9 Å². The van der Waals surface area contributed by atoms with Gasteiger partial charge >= 0.3 is 0 Å². The average molecular weight is 484 g/mol. The number of likely N-dealkylation sites (N-methyl/N-ethyl adjacent to an activating group) is 1. The average Bonchev–Trinajstić information content (AvgIpc) is 2.95. The van der Waals surface area contributed by atoms with E-state index >= 15 is 0 Å². The highest BCUT2D eigenvalue weighted by Gasteiger charge is 2.36. The van der Waals surface area contributed by atoms with Gasteiger partial charge in [-0.2, -0.15) is 0 Å². The maximum atomic E-state index is 12.6. The number of carbonyl (C=O) groups is 1. The van der Waals surface area contributed by atoms with Crippen LogP contribution in [0.25, 0.3) is 0 Å². The number of unbranched alkanes of at least 4 members (excludes halogenated alkanes) is 1. The van der Waals surface area contributed by atoms with Crippen LogP contribution in [0.4, 0.5) is 11.4 Å². The maximum Gasteiger partial charge on any atom is 0.162 e. The van der Waals surface area contributed by atoms with Gasteiger partial charge in [0.1, 0.15) is 5.75 Å². The third-order valence-electron chi connectivity index (χ3n) is 5.86. The largest absolute Gasteiger partial charge is 0.496 e. The Kier molecular flexibility index (Phi) is 9.24. The van der Waals surface area contributed by atoms with Gasteiger partial charge in [-0.3, -0.25) is 22.5 Å². The molecule has 7 nitrogen and oxygen atoms in total. The quantitative estimate of drug-likeness (QED) is 0.359. The second-order valence-corrected chi connectivity index (χ2v) is 10.0. The van der Waals surface area contributed by atoms with Gasteiger partial charge in [0, 0.05) is 32.6 Å². The van der Waals surface area contributed by atoms with E-state index in [1.54, 1.807) is 39.4 Å². The molecule has 0 radical (unpaired) electrons. The van der Waals surface area contributed by atoms with Crippen LogP contribution in [0.15, 0.2) is 42.5 Å². The van der Waals surface area contributed by atoms with Crippen LogP contribution in [-0.2, 0) is 6.42 Å². The SMILES string of the molecule is COc1ccccc1CCN(C)CCCCC(=O)c1ccc2c(c1)N(C)S(O)(O)N2C.Cl. The Morgan fingerprint density at radius 2 is 1.72 bits per heavy atom. The summed E-state index contributed by atoms with van der Waals surface area (Å²) in [6.45, 7) is 1.87. The number of ketones is 1. The molecule has 32 heavy (non-hydrogen) atoms. The van der Waals surface area contributed by atoms with Crippen molar-refractivity contribution in [2.75, 3.05) is 50.0 Å². The van der Waals surface area contributed by atoms with E-state index in [4.69, 9.17) is 4.74 Å². The number of carbonyl (C=O) groups excluding carboxylic acids is 1. The molecule has 0 spiro atoms. The number of fused-ring (bicyclic) bond motifs is 1. The number of benzene rings is 2. The van der Waals surface area contributed by atoms with E-state index in [-0.39, 0.29) is 18.2 Å². The summed E-state index contributed by atoms with van der Waals surface area (Å²) < 4.78 is 28.8. The first-order chi connectivity index (χ1) is 14.8. The first-order valence-corrected chi connectivity index (χ1v) is 12.0. The van der Waals surface area contributed by atoms with Crippen LogP contribution in [0.3, 0.4) is 0 Å². The number of anilines is 2. The lowest BCUT2D eigenvalue weighted by atomic mass is 10.0. The molecule has 1 heterocycles. The summed E-state index contributed by atoms with van der Waals surface area (Å²) in [5.41, 5.74) is 3.21. The van der Waals surface area contributed by atoms with Gasteiger partial charge in [-0.05, 0) is 73.6 Å². The minimum atomic E-state index is -3.02. The molecule has 2 aromatic carbocycles. The van der Waals surface area contributed by atoms with Gasteiger partial charge in [0.2, 0.25) is 0 Å². The molecule has 1 aliphatic heterocycles. The maximum absolute atomic E-state index is 12.6. The van der Waals surface area contributed by atoms with Gasteiger partial charge in [-0.15, -0.1) is 12.4 Å². The highest BCUT2D eigenvalue weighted by atomic mass is 35.5. The number of para-hydroxylation sites is 1. The van der Waals surface area contributed by atoms with Crippen LogP contribution in [-0.4, -0.2) is 61.1 Å². The second kappa shape index (κ2) is 11.2. The molecule has 0 bridgehead atoms. The third kappa shape index (κ3) is 5.68. The van der Waals surface area contributed by atoms with Crippen LogP contribution in [0.1, 0.15) is 35.2 Å². The summed E-state index contributed by atoms with van der Waals surface area (Å²) in [6, 6.07) is 13.4. The van der Waals surface area contributed by atoms with E-state index < -0.39 is 11.0 Å². The van der Waals surface area contributed by atoms with Crippen molar-refractivity contribution in [1.29, 1.82) is 0 Å². The zero-order chi connectivity index (χ0) is 22.6. The summed E-state index contributed by atoms with van der Waals surface area (Å²) >= 11 is 0. The molecule has 3 rings (SSSR count). The number of Topliss-reactive ketones (excluding diaryl/α,β-unsaturated/α-hetero) is 1. The number of hydrogen-bond acceptors (Lipinski definition) is 7. The normalized spacial score (nSPS) is 15.3. The van der Waals surface area contributed by atoms with Crippen molar-refractivity contribution in [3.8, 4) is 5.75 Å². The summed E-state index contributed by atoms with van der Waals surface area (Å²) in [4.78, 5) is 14.9. The summed E-state index contributed by atoms with van der Waals surface area (Å²) in [5, 5.41) is 0. The molecular formula is C23H34ClN3O4S. The van der Waals surface area contributed by atoms with Crippen LogP contribution in [0.5, 0.6) is 5.75 Å². The van der Waals surface area contributed by atoms with Crippen LogP contribution in [0.2, 0.25) is 0 Å². The Hall–Kier alpha value is -1.97. The van der Waals surface area contributed by atoms with Crippen LogP contribution in [0, 0.1) is 0 Å². The second-order valence-electron chi connectivity index (χ2n) is 7.93. The molecule has 0 aromatic heterocycles. The molecule has 0 amide bonds. The standard InChI is InChI=1S/C23H33N3O4S.ClH/c1-24(16-14-18-9-5-6-11-23(18)30-4)15-8-7-10-22(27)19-12-13-20-21(17-19)26(3)31(28,29)25(20)2;/h5-6,9,11-13,17,28-29H,7-8,10,14-16H2,1-4H3;1H. The minimum Gasteiger partial charge on any atom is -0.496 e. The summed E-state index contributed by atoms with van der Waals surface area (Å²) in [5.74, 6) is 1.01. The van der Waals surface area contributed by atoms with E-state index in [0.717, 1.165) is 43.8 Å². The molecule has 0 saturated heterocycles. The summed E-state index contributed by atoms with van der Waals surface area (Å²) in [6.07, 6.45) is 3.17. The Bertz CT molecular complexity index is 928. The molecule has 1 aliphatic rings. The molecule has 2 N–H and O–H groups in total. The Morgan fingerprint density at radius 3 is 2.44 bits per heavy atom. The van der Waals surface area contributed by atoms with E-state index in [0.29, 0.717) is 17.7 Å². The number of nitrogens with zero attached hydrogens (tertiary/aromatic N) is 3. The predicted octanol–water partition coefficient (Wildman–Crippen LogP) is 5.11. The van der Waals surface area contributed by atoms with E-state index in [1.165, 1.54) is 14.2 Å². The topological polar surface area (TPSA) is 76.5 Å². The zero-order valence-electron chi connectivity index (χ0n) is 19.2. The van der Waals surface area contributed by atoms with E-state index in [2.05, 4.69) is 18.0 Å². The number of methoxy groups -OCH3 is 1. The van der Waals surface area contributed by atoms with Crippen molar-refractivity contribution in [1.82, 2.24) is 4.90 Å². The van der Waals surface area contributed by atoms with Crippen molar-refractivity contribution in [2.45, 2.75) is 25.7 Å². The smallest absolute Gasteiger partial charge is 0.162 e. The number of rotatable bonds is 10. The molecule has 0 unspecified atom stereocenters. The first kappa shape index (κ1) is 26.3. The number of ether oxygens (including phenoxy) is 1. The van der Waals surface area contributed by atoms with Gasteiger partial charge in [0.05, 0.1) is 18.5 Å². The van der Waals surface area contributed by atoms with Crippen LogP contribution >= 0.6 is 23.4 Å². The van der Waals surface area contributed by atoms with Gasteiger partial charge in [0.15, 0.2) is 5.78 Å². The van der Waals surface area contributed by atoms with Crippen molar-refractivity contribution in [2.24, 2.45) is 0 Å². The fraction of sp³-hybridized carbons (Fsp3) is 0.435. The van der Waals surface area contributed by atoms with Crippen molar-refractivity contribution >= 4 is 40.5 Å². The van der Waals surface area contributed by atoms with Crippen molar-refractivity contribution < 1.29 is 18.6 Å². The van der Waals surface area contributed by atoms with E-state index in [1.807, 2.05) is 18.2 Å². The minimum absolute atomic E-state index is 0. The number of hydrogen-bond donors (Lipinski definition) is 2. The van der Waals surface area contributed by atoms with Crippen molar-refractivity contribution in [3.63, 3.8) is 0 Å². The number of halogens is 1. The van der Waals surface area contributed by atoms with Gasteiger partial charge in [-0.1, -0.05) is 18.2 Å². The molecule has 0 atom stereocenters. The Morgan fingerprint density at radius 1 is 1.03 bits per heavy atom. The van der Waals surface area contributed by atoms with Gasteiger partial charge < -0.3 is 9.64 Å². The lowest BCUT2D eigenvalue weighted by Gasteiger charge is -2.40. The predicted molar refractivity (Wildman–Crippen MR) is 136 cm³/mol. The highest BCUT2D eigenvalue weighted by Crippen LogP contribution is 2.59. The fourth-order valence-electron chi connectivity index (χ4n) is 3.81. The zero-order valence-corrected chi connectivity index (χ0v) is 20.8.